The fourth-order valence-electron chi connectivity index (χ4n) is 3.09. The first-order valence-electron chi connectivity index (χ1n) is 6.96. The van der Waals surface area contributed by atoms with Crippen LogP contribution in [0.4, 0.5) is 0 Å². The summed E-state index contributed by atoms with van der Waals surface area (Å²) in [5.74, 6) is 0. The van der Waals surface area contributed by atoms with Gasteiger partial charge in [0.2, 0.25) is 0 Å². The number of hydrogen-bond acceptors (Lipinski definition) is 2. The highest BCUT2D eigenvalue weighted by Crippen LogP contribution is 2.54. The highest BCUT2D eigenvalue weighted by atomic mass is 16.5. The van der Waals surface area contributed by atoms with E-state index < -0.39 is 0 Å². The molecule has 0 atom stereocenters. The summed E-state index contributed by atoms with van der Waals surface area (Å²) in [7, 11) is 0. The molecule has 1 saturated heterocycles. The molecular weight excluding hydrogens is 198 g/mol. The van der Waals surface area contributed by atoms with Crippen molar-refractivity contribution in [1.82, 2.24) is 4.90 Å². The van der Waals surface area contributed by atoms with Crippen LogP contribution in [0.15, 0.2) is 0 Å². The SMILES string of the molecule is CC(C)OCC1(CN2CCC3(CC3)C2)CC1. The molecule has 1 aliphatic heterocycles. The summed E-state index contributed by atoms with van der Waals surface area (Å²) in [6.07, 6.45) is 7.64. The first-order valence-corrected chi connectivity index (χ1v) is 6.96. The van der Waals surface area contributed by atoms with Crippen molar-refractivity contribution in [3.63, 3.8) is 0 Å². The van der Waals surface area contributed by atoms with Crippen LogP contribution in [0.5, 0.6) is 0 Å². The van der Waals surface area contributed by atoms with E-state index in [1.165, 1.54) is 51.7 Å². The Morgan fingerprint density at radius 3 is 2.38 bits per heavy atom. The van der Waals surface area contributed by atoms with Crippen molar-refractivity contribution in [2.24, 2.45) is 10.8 Å². The van der Waals surface area contributed by atoms with Gasteiger partial charge in [0.05, 0.1) is 12.7 Å². The molecule has 0 aromatic heterocycles. The van der Waals surface area contributed by atoms with Gasteiger partial charge in [-0.25, -0.2) is 0 Å². The number of hydrogen-bond donors (Lipinski definition) is 0. The average Bonchev–Trinajstić information content (AvgIpc) is 3.09. The molecule has 0 unspecified atom stereocenters. The largest absolute Gasteiger partial charge is 0.378 e. The Labute approximate surface area is 99.3 Å². The van der Waals surface area contributed by atoms with Crippen molar-refractivity contribution in [2.75, 3.05) is 26.2 Å². The summed E-state index contributed by atoms with van der Waals surface area (Å²) >= 11 is 0. The maximum absolute atomic E-state index is 5.82. The van der Waals surface area contributed by atoms with Crippen LogP contribution in [0.1, 0.15) is 46.0 Å². The van der Waals surface area contributed by atoms with E-state index in [1.807, 2.05) is 0 Å². The zero-order chi connectivity index (χ0) is 11.2. The lowest BCUT2D eigenvalue weighted by Gasteiger charge is -2.24. The maximum atomic E-state index is 5.82. The monoisotopic (exact) mass is 223 g/mol. The highest BCUT2D eigenvalue weighted by molar-refractivity contribution is 5.03. The Bertz CT molecular complexity index is 266. The lowest BCUT2D eigenvalue weighted by atomic mass is 10.1. The van der Waals surface area contributed by atoms with E-state index in [0.717, 1.165) is 12.0 Å². The van der Waals surface area contributed by atoms with Crippen molar-refractivity contribution in [2.45, 2.75) is 52.1 Å². The number of likely N-dealkylation sites (tertiary alicyclic amines) is 1. The van der Waals surface area contributed by atoms with Gasteiger partial charge in [0.25, 0.3) is 0 Å². The molecule has 3 rings (SSSR count). The highest BCUT2D eigenvalue weighted by Gasteiger charge is 2.51. The summed E-state index contributed by atoms with van der Waals surface area (Å²) in [6, 6.07) is 0. The van der Waals surface area contributed by atoms with E-state index in [9.17, 15) is 0 Å². The van der Waals surface area contributed by atoms with Gasteiger partial charge in [-0.15, -0.1) is 0 Å². The van der Waals surface area contributed by atoms with Gasteiger partial charge in [-0.1, -0.05) is 0 Å². The Kier molecular flexibility index (Phi) is 2.56. The van der Waals surface area contributed by atoms with Gasteiger partial charge >= 0.3 is 0 Å². The van der Waals surface area contributed by atoms with Crippen LogP contribution in [0.25, 0.3) is 0 Å². The van der Waals surface area contributed by atoms with Crippen LogP contribution in [-0.4, -0.2) is 37.2 Å². The van der Waals surface area contributed by atoms with Gasteiger partial charge in [0, 0.05) is 18.5 Å². The Morgan fingerprint density at radius 2 is 1.88 bits per heavy atom. The summed E-state index contributed by atoms with van der Waals surface area (Å²) in [5.41, 5.74) is 1.33. The molecule has 3 aliphatic rings. The molecule has 0 aromatic rings. The molecule has 1 spiro atoms. The molecule has 2 aliphatic carbocycles. The summed E-state index contributed by atoms with van der Waals surface area (Å²) in [6.45, 7) is 9.33. The first-order chi connectivity index (χ1) is 7.62. The minimum atomic E-state index is 0.394. The molecular formula is C14H25NO. The smallest absolute Gasteiger partial charge is 0.0538 e. The zero-order valence-electron chi connectivity index (χ0n) is 10.8. The van der Waals surface area contributed by atoms with Crippen LogP contribution in [-0.2, 0) is 4.74 Å². The second-order valence-electron chi connectivity index (χ2n) is 6.82. The predicted molar refractivity (Wildman–Crippen MR) is 65.5 cm³/mol. The van der Waals surface area contributed by atoms with E-state index >= 15 is 0 Å². The quantitative estimate of drug-likeness (QED) is 0.710. The molecule has 0 radical (unpaired) electrons. The van der Waals surface area contributed by atoms with Gasteiger partial charge in [0.15, 0.2) is 0 Å². The summed E-state index contributed by atoms with van der Waals surface area (Å²) < 4.78 is 5.82. The van der Waals surface area contributed by atoms with Gasteiger partial charge < -0.3 is 9.64 Å². The van der Waals surface area contributed by atoms with Crippen LogP contribution in [0, 0.1) is 10.8 Å². The second-order valence-corrected chi connectivity index (χ2v) is 6.82. The molecule has 2 saturated carbocycles. The Balaban J connectivity index is 1.47. The molecule has 0 aromatic carbocycles. The third-order valence-electron chi connectivity index (χ3n) is 4.71. The average molecular weight is 223 g/mol. The molecule has 3 fully saturated rings. The second kappa shape index (κ2) is 3.71. The normalized spacial score (nSPS) is 30.2. The summed E-state index contributed by atoms with van der Waals surface area (Å²) in [4.78, 5) is 2.71. The standard InChI is InChI=1S/C14H25NO/c1-12(2)16-11-14(5-6-14)10-15-8-7-13(9-15)3-4-13/h12H,3-11H2,1-2H3. The first kappa shape index (κ1) is 11.0. The molecule has 2 nitrogen and oxygen atoms in total. The molecule has 2 heteroatoms. The fourth-order valence-corrected chi connectivity index (χ4v) is 3.09. The van der Waals surface area contributed by atoms with Crippen molar-refractivity contribution in [1.29, 1.82) is 0 Å². The molecule has 0 amide bonds. The van der Waals surface area contributed by atoms with E-state index in [-0.39, 0.29) is 0 Å². The van der Waals surface area contributed by atoms with Gasteiger partial charge in [-0.2, -0.15) is 0 Å². The molecule has 92 valence electrons. The van der Waals surface area contributed by atoms with Crippen molar-refractivity contribution < 1.29 is 4.74 Å². The van der Waals surface area contributed by atoms with Crippen LogP contribution in [0.3, 0.4) is 0 Å². The minimum Gasteiger partial charge on any atom is -0.378 e. The number of ether oxygens (including phenoxy) is 1. The van der Waals surface area contributed by atoms with Crippen molar-refractivity contribution >= 4 is 0 Å². The number of rotatable bonds is 5. The maximum Gasteiger partial charge on any atom is 0.0538 e. The van der Waals surface area contributed by atoms with Crippen molar-refractivity contribution in [3.05, 3.63) is 0 Å². The van der Waals surface area contributed by atoms with Gasteiger partial charge in [-0.05, 0) is 57.9 Å². The topological polar surface area (TPSA) is 12.5 Å². The molecule has 0 bridgehead atoms. The molecule has 16 heavy (non-hydrogen) atoms. The Morgan fingerprint density at radius 1 is 1.12 bits per heavy atom. The minimum absolute atomic E-state index is 0.394. The fraction of sp³-hybridized carbons (Fsp3) is 1.00. The van der Waals surface area contributed by atoms with E-state index in [4.69, 9.17) is 4.74 Å². The van der Waals surface area contributed by atoms with E-state index in [2.05, 4.69) is 18.7 Å². The Hall–Kier alpha value is -0.0800. The van der Waals surface area contributed by atoms with E-state index in [1.54, 1.807) is 0 Å². The van der Waals surface area contributed by atoms with Crippen LogP contribution < -0.4 is 0 Å². The van der Waals surface area contributed by atoms with Gasteiger partial charge in [0.1, 0.15) is 0 Å². The van der Waals surface area contributed by atoms with Crippen LogP contribution >= 0.6 is 0 Å². The van der Waals surface area contributed by atoms with Gasteiger partial charge in [-0.3, -0.25) is 0 Å². The zero-order valence-corrected chi connectivity index (χ0v) is 10.8. The molecule has 1 heterocycles. The predicted octanol–water partition coefficient (Wildman–Crippen LogP) is 2.68. The van der Waals surface area contributed by atoms with E-state index in [0.29, 0.717) is 11.5 Å². The number of nitrogens with zero attached hydrogens (tertiary/aromatic N) is 1. The summed E-state index contributed by atoms with van der Waals surface area (Å²) in [5, 5.41) is 0. The molecule has 0 N–H and O–H groups in total. The third kappa shape index (κ3) is 2.28. The third-order valence-corrected chi connectivity index (χ3v) is 4.71. The van der Waals surface area contributed by atoms with Crippen molar-refractivity contribution in [3.8, 4) is 0 Å². The lowest BCUT2D eigenvalue weighted by Crippen LogP contribution is -2.32. The van der Waals surface area contributed by atoms with Crippen LogP contribution in [0.2, 0.25) is 0 Å². The lowest BCUT2D eigenvalue weighted by molar-refractivity contribution is 0.0330.